The largest absolute Gasteiger partial charge is 0.497 e. The highest BCUT2D eigenvalue weighted by Gasteiger charge is 2.18. The van der Waals surface area contributed by atoms with Gasteiger partial charge < -0.3 is 15.0 Å². The van der Waals surface area contributed by atoms with Gasteiger partial charge in [-0.3, -0.25) is 0 Å². The molecule has 0 aromatic carbocycles. The van der Waals surface area contributed by atoms with Crippen LogP contribution >= 0.6 is 0 Å². The van der Waals surface area contributed by atoms with Crippen molar-refractivity contribution in [1.82, 2.24) is 19.5 Å². The zero-order chi connectivity index (χ0) is 17.3. The lowest BCUT2D eigenvalue weighted by Crippen LogP contribution is -2.03. The van der Waals surface area contributed by atoms with Crippen molar-refractivity contribution in [3.05, 3.63) is 42.1 Å². The summed E-state index contributed by atoms with van der Waals surface area (Å²) >= 11 is 0. The Morgan fingerprint density at radius 1 is 1.25 bits per heavy atom. The van der Waals surface area contributed by atoms with Crippen LogP contribution < -0.4 is 10.5 Å². The first-order valence-electron chi connectivity index (χ1n) is 6.93. The minimum absolute atomic E-state index is 0.119. The van der Waals surface area contributed by atoms with Crippen LogP contribution in [0.5, 0.6) is 5.75 Å². The van der Waals surface area contributed by atoms with Crippen LogP contribution in [-0.4, -0.2) is 26.6 Å². The van der Waals surface area contributed by atoms with E-state index in [1.165, 1.54) is 13.2 Å². The number of hydrogen-bond acceptors (Lipinski definition) is 6. The summed E-state index contributed by atoms with van der Waals surface area (Å²) < 4.78 is 20.5. The molecule has 0 fully saturated rings. The molecule has 2 N–H and O–H groups in total. The summed E-state index contributed by atoms with van der Waals surface area (Å²) in [6, 6.07) is 6.18. The van der Waals surface area contributed by atoms with Gasteiger partial charge in [0.05, 0.1) is 18.5 Å². The Labute approximate surface area is 137 Å². The Bertz CT molecular complexity index is 960. The standard InChI is InChI=1S/C16H13FN6O/c1-23-4-3-20-16(23)13-7-11(19)10(8-18)15(22-13)12-5-9(24-2)6-14(17)21-12/h3-7H,1-2H3,(H2,19,22). The molecular weight excluding hydrogens is 311 g/mol. The molecule has 0 aliphatic carbocycles. The Morgan fingerprint density at radius 3 is 2.67 bits per heavy atom. The molecule has 0 amide bonds. The smallest absolute Gasteiger partial charge is 0.217 e. The van der Waals surface area contributed by atoms with E-state index in [9.17, 15) is 9.65 Å². The molecule has 24 heavy (non-hydrogen) atoms. The van der Waals surface area contributed by atoms with Crippen LogP contribution in [-0.2, 0) is 7.05 Å². The quantitative estimate of drug-likeness (QED) is 0.740. The number of nitrogens with two attached hydrogens (primary N) is 1. The summed E-state index contributed by atoms with van der Waals surface area (Å²) in [4.78, 5) is 12.4. The monoisotopic (exact) mass is 324 g/mol. The van der Waals surface area contributed by atoms with E-state index in [0.29, 0.717) is 11.5 Å². The van der Waals surface area contributed by atoms with E-state index in [1.807, 2.05) is 13.1 Å². The molecule has 0 spiro atoms. The first kappa shape index (κ1) is 15.4. The molecule has 0 saturated carbocycles. The lowest BCUT2D eigenvalue weighted by atomic mass is 10.1. The summed E-state index contributed by atoms with van der Waals surface area (Å²) in [6.07, 6.45) is 3.38. The van der Waals surface area contributed by atoms with E-state index in [1.54, 1.807) is 23.0 Å². The van der Waals surface area contributed by atoms with Crippen molar-refractivity contribution in [3.63, 3.8) is 0 Å². The average Bonchev–Trinajstić information content (AvgIpc) is 2.99. The fourth-order valence-corrected chi connectivity index (χ4v) is 2.31. The number of halogens is 1. The topological polar surface area (TPSA) is 103 Å². The Morgan fingerprint density at radius 2 is 2.04 bits per heavy atom. The van der Waals surface area contributed by atoms with Gasteiger partial charge in [0.25, 0.3) is 0 Å². The predicted octanol–water partition coefficient (Wildman–Crippen LogP) is 2.15. The summed E-state index contributed by atoms with van der Waals surface area (Å²) in [5, 5.41) is 9.39. The first-order valence-corrected chi connectivity index (χ1v) is 6.93. The third-order valence-electron chi connectivity index (χ3n) is 3.46. The lowest BCUT2D eigenvalue weighted by molar-refractivity contribution is 0.409. The van der Waals surface area contributed by atoms with Crippen molar-refractivity contribution in [3.8, 4) is 34.7 Å². The zero-order valence-electron chi connectivity index (χ0n) is 13.0. The third-order valence-corrected chi connectivity index (χ3v) is 3.46. The van der Waals surface area contributed by atoms with Crippen molar-refractivity contribution in [2.45, 2.75) is 0 Å². The molecule has 3 aromatic heterocycles. The third kappa shape index (κ3) is 2.63. The molecular formula is C16H13FN6O. The average molecular weight is 324 g/mol. The van der Waals surface area contributed by atoms with E-state index in [2.05, 4.69) is 15.0 Å². The molecule has 0 aliphatic rings. The van der Waals surface area contributed by atoms with Crippen LogP contribution in [0, 0.1) is 17.3 Å². The Hall–Kier alpha value is -3.47. The highest BCUT2D eigenvalue weighted by molar-refractivity contribution is 5.76. The number of aromatic nitrogens is 4. The van der Waals surface area contributed by atoms with E-state index in [-0.39, 0.29) is 28.4 Å². The number of hydrogen-bond donors (Lipinski definition) is 1. The van der Waals surface area contributed by atoms with Gasteiger partial charge in [-0.15, -0.1) is 0 Å². The minimum Gasteiger partial charge on any atom is -0.497 e. The van der Waals surface area contributed by atoms with Gasteiger partial charge in [-0.05, 0) is 6.07 Å². The molecule has 0 bridgehead atoms. The number of aryl methyl sites for hydroxylation is 1. The molecule has 120 valence electrons. The number of nitrogen functional groups attached to an aromatic ring is 1. The lowest BCUT2D eigenvalue weighted by Gasteiger charge is -2.10. The van der Waals surface area contributed by atoms with Gasteiger partial charge in [0.2, 0.25) is 5.95 Å². The van der Waals surface area contributed by atoms with Crippen molar-refractivity contribution in [1.29, 1.82) is 5.26 Å². The van der Waals surface area contributed by atoms with Crippen molar-refractivity contribution in [2.24, 2.45) is 7.05 Å². The second kappa shape index (κ2) is 5.96. The van der Waals surface area contributed by atoms with E-state index >= 15 is 0 Å². The number of anilines is 1. The van der Waals surface area contributed by atoms with Crippen molar-refractivity contribution >= 4 is 5.69 Å². The fraction of sp³-hybridized carbons (Fsp3) is 0.125. The number of ether oxygens (including phenoxy) is 1. The van der Waals surface area contributed by atoms with Crippen molar-refractivity contribution in [2.75, 3.05) is 12.8 Å². The summed E-state index contributed by atoms with van der Waals surface area (Å²) in [5.41, 5.74) is 7.10. The molecule has 0 atom stereocenters. The second-order valence-corrected chi connectivity index (χ2v) is 5.01. The van der Waals surface area contributed by atoms with Gasteiger partial charge >= 0.3 is 0 Å². The number of methoxy groups -OCH3 is 1. The highest BCUT2D eigenvalue weighted by atomic mass is 19.1. The first-order chi connectivity index (χ1) is 11.5. The molecule has 8 heteroatoms. The molecule has 7 nitrogen and oxygen atoms in total. The number of nitrogens with zero attached hydrogens (tertiary/aromatic N) is 5. The number of nitriles is 1. The summed E-state index contributed by atoms with van der Waals surface area (Å²) in [7, 11) is 3.22. The van der Waals surface area contributed by atoms with Gasteiger partial charge in [-0.2, -0.15) is 9.65 Å². The van der Waals surface area contributed by atoms with Gasteiger partial charge in [0, 0.05) is 31.6 Å². The second-order valence-electron chi connectivity index (χ2n) is 5.01. The normalized spacial score (nSPS) is 10.4. The molecule has 0 unspecified atom stereocenters. The Balaban J connectivity index is 2.27. The number of pyridine rings is 2. The van der Waals surface area contributed by atoms with Gasteiger partial charge in [0.1, 0.15) is 28.8 Å². The van der Waals surface area contributed by atoms with Crippen LogP contribution in [0.25, 0.3) is 22.9 Å². The van der Waals surface area contributed by atoms with E-state index in [0.717, 1.165) is 6.07 Å². The van der Waals surface area contributed by atoms with Gasteiger partial charge in [0.15, 0.2) is 5.82 Å². The fourth-order valence-electron chi connectivity index (χ4n) is 2.31. The summed E-state index contributed by atoms with van der Waals surface area (Å²) in [6.45, 7) is 0. The maximum atomic E-state index is 13.7. The van der Waals surface area contributed by atoms with E-state index in [4.69, 9.17) is 10.5 Å². The Kier molecular flexibility index (Phi) is 3.83. The predicted molar refractivity (Wildman–Crippen MR) is 85.3 cm³/mol. The molecule has 3 aromatic rings. The van der Waals surface area contributed by atoms with Crippen LogP contribution in [0.15, 0.2) is 30.6 Å². The van der Waals surface area contributed by atoms with Gasteiger partial charge in [-0.1, -0.05) is 0 Å². The summed E-state index contributed by atoms with van der Waals surface area (Å²) in [5.74, 6) is 0.0935. The molecule has 0 aliphatic heterocycles. The van der Waals surface area contributed by atoms with Crippen LogP contribution in [0.2, 0.25) is 0 Å². The molecule has 3 rings (SSSR count). The van der Waals surface area contributed by atoms with Crippen molar-refractivity contribution < 1.29 is 9.13 Å². The van der Waals surface area contributed by atoms with Crippen LogP contribution in [0.1, 0.15) is 5.56 Å². The minimum atomic E-state index is -0.740. The van der Waals surface area contributed by atoms with Gasteiger partial charge in [-0.25, -0.2) is 15.0 Å². The molecule has 0 radical (unpaired) electrons. The molecule has 3 heterocycles. The van der Waals surface area contributed by atoms with Crippen LogP contribution in [0.4, 0.5) is 10.1 Å². The van der Waals surface area contributed by atoms with Crippen LogP contribution in [0.3, 0.4) is 0 Å². The highest BCUT2D eigenvalue weighted by Crippen LogP contribution is 2.30. The van der Waals surface area contributed by atoms with E-state index < -0.39 is 5.95 Å². The maximum Gasteiger partial charge on any atom is 0.217 e. The molecule has 0 saturated heterocycles. The number of rotatable bonds is 3. The SMILES string of the molecule is COc1cc(F)nc(-c2nc(-c3nccn3C)cc(N)c2C#N)c1. The zero-order valence-corrected chi connectivity index (χ0v) is 13.0. The maximum absolute atomic E-state index is 13.7. The number of imidazole rings is 1.